The van der Waals surface area contributed by atoms with Gasteiger partial charge in [0.15, 0.2) is 11.5 Å². The SMILES string of the molecule is COc1cc2c(cc1OC)CN(C(=O)Cn1cnc(-c3ccc(C)cc3)cc1=O)CC2. The monoisotopic (exact) mass is 419 g/mol. The van der Waals surface area contributed by atoms with E-state index in [0.29, 0.717) is 30.3 Å². The zero-order valence-corrected chi connectivity index (χ0v) is 17.9. The van der Waals surface area contributed by atoms with Crippen molar-refractivity contribution in [1.82, 2.24) is 14.5 Å². The van der Waals surface area contributed by atoms with Gasteiger partial charge in [0.25, 0.3) is 5.56 Å². The minimum absolute atomic E-state index is 0.0391. The van der Waals surface area contributed by atoms with E-state index < -0.39 is 0 Å². The molecule has 160 valence electrons. The van der Waals surface area contributed by atoms with E-state index in [9.17, 15) is 9.59 Å². The molecule has 0 saturated carbocycles. The number of hydrogen-bond donors (Lipinski definition) is 0. The van der Waals surface area contributed by atoms with Gasteiger partial charge in [-0.15, -0.1) is 0 Å². The Balaban J connectivity index is 1.49. The largest absolute Gasteiger partial charge is 0.493 e. The maximum absolute atomic E-state index is 12.9. The average Bonchev–Trinajstić information content (AvgIpc) is 2.79. The van der Waals surface area contributed by atoms with Crippen LogP contribution in [0.15, 0.2) is 53.6 Å². The van der Waals surface area contributed by atoms with Gasteiger partial charge in [-0.2, -0.15) is 0 Å². The molecule has 0 radical (unpaired) electrons. The van der Waals surface area contributed by atoms with Crippen LogP contribution in [-0.2, 0) is 24.3 Å². The third kappa shape index (κ3) is 4.30. The van der Waals surface area contributed by atoms with Crippen molar-refractivity contribution in [3.63, 3.8) is 0 Å². The second-order valence-corrected chi connectivity index (χ2v) is 7.65. The van der Waals surface area contributed by atoms with Crippen molar-refractivity contribution in [3.8, 4) is 22.8 Å². The summed E-state index contributed by atoms with van der Waals surface area (Å²) < 4.78 is 12.1. The highest BCUT2D eigenvalue weighted by Gasteiger charge is 2.23. The lowest BCUT2D eigenvalue weighted by molar-refractivity contribution is -0.132. The maximum Gasteiger partial charge on any atom is 0.254 e. The molecule has 0 spiro atoms. The van der Waals surface area contributed by atoms with Gasteiger partial charge in [-0.05, 0) is 36.6 Å². The number of rotatable bonds is 5. The van der Waals surface area contributed by atoms with Gasteiger partial charge in [-0.1, -0.05) is 29.8 Å². The molecule has 2 heterocycles. The quantitative estimate of drug-likeness (QED) is 0.636. The molecule has 0 saturated heterocycles. The number of nitrogens with zero attached hydrogens (tertiary/aromatic N) is 3. The Bertz CT molecular complexity index is 1170. The molecule has 1 aliphatic heterocycles. The second kappa shape index (κ2) is 8.63. The first-order chi connectivity index (χ1) is 15.0. The third-order valence-electron chi connectivity index (χ3n) is 5.60. The molecule has 1 aliphatic rings. The first-order valence-corrected chi connectivity index (χ1v) is 10.1. The summed E-state index contributed by atoms with van der Waals surface area (Å²) in [6.45, 7) is 3.03. The van der Waals surface area contributed by atoms with Gasteiger partial charge >= 0.3 is 0 Å². The summed E-state index contributed by atoms with van der Waals surface area (Å²) in [5.41, 5.74) is 4.53. The zero-order chi connectivity index (χ0) is 22.0. The molecule has 0 atom stereocenters. The van der Waals surface area contributed by atoms with E-state index in [0.717, 1.165) is 28.7 Å². The predicted octanol–water partition coefficient (Wildman–Crippen LogP) is 2.82. The molecule has 2 aromatic carbocycles. The van der Waals surface area contributed by atoms with Crippen molar-refractivity contribution < 1.29 is 14.3 Å². The molecule has 7 heteroatoms. The smallest absolute Gasteiger partial charge is 0.254 e. The maximum atomic E-state index is 12.9. The van der Waals surface area contributed by atoms with Gasteiger partial charge in [0.2, 0.25) is 5.91 Å². The summed E-state index contributed by atoms with van der Waals surface area (Å²) in [4.78, 5) is 31.6. The highest BCUT2D eigenvalue weighted by molar-refractivity contribution is 5.76. The van der Waals surface area contributed by atoms with Crippen LogP contribution in [0.25, 0.3) is 11.3 Å². The minimum atomic E-state index is -0.247. The van der Waals surface area contributed by atoms with Gasteiger partial charge in [-0.25, -0.2) is 4.98 Å². The minimum Gasteiger partial charge on any atom is -0.493 e. The molecule has 7 nitrogen and oxygen atoms in total. The number of hydrogen-bond acceptors (Lipinski definition) is 5. The molecule has 31 heavy (non-hydrogen) atoms. The van der Waals surface area contributed by atoms with E-state index >= 15 is 0 Å². The molecule has 0 N–H and O–H groups in total. The van der Waals surface area contributed by atoms with E-state index in [1.54, 1.807) is 19.1 Å². The Morgan fingerprint density at radius 2 is 1.71 bits per heavy atom. The third-order valence-corrected chi connectivity index (χ3v) is 5.60. The normalized spacial score (nSPS) is 12.9. The highest BCUT2D eigenvalue weighted by Crippen LogP contribution is 2.33. The van der Waals surface area contributed by atoms with Crippen LogP contribution in [0.5, 0.6) is 11.5 Å². The van der Waals surface area contributed by atoms with E-state index in [2.05, 4.69) is 4.98 Å². The fourth-order valence-electron chi connectivity index (χ4n) is 3.77. The van der Waals surface area contributed by atoms with Gasteiger partial charge in [0.1, 0.15) is 6.54 Å². The fourth-order valence-corrected chi connectivity index (χ4v) is 3.77. The Hall–Kier alpha value is -3.61. The number of benzene rings is 2. The van der Waals surface area contributed by atoms with Crippen LogP contribution in [-0.4, -0.2) is 41.1 Å². The highest BCUT2D eigenvalue weighted by atomic mass is 16.5. The number of ether oxygens (including phenoxy) is 2. The van der Waals surface area contributed by atoms with Gasteiger partial charge in [0.05, 0.1) is 26.2 Å². The molecule has 0 unspecified atom stereocenters. The Morgan fingerprint density at radius 1 is 1.03 bits per heavy atom. The summed E-state index contributed by atoms with van der Waals surface area (Å²) >= 11 is 0. The molecule has 0 aliphatic carbocycles. The lowest BCUT2D eigenvalue weighted by Gasteiger charge is -2.29. The van der Waals surface area contributed by atoms with Crippen LogP contribution >= 0.6 is 0 Å². The van der Waals surface area contributed by atoms with Crippen molar-refractivity contribution in [2.24, 2.45) is 0 Å². The molecule has 1 amide bonds. The number of carbonyl (C=O) groups excluding carboxylic acids is 1. The molecular formula is C24H25N3O4. The number of aromatic nitrogens is 2. The second-order valence-electron chi connectivity index (χ2n) is 7.65. The van der Waals surface area contributed by atoms with E-state index in [4.69, 9.17) is 9.47 Å². The average molecular weight is 419 g/mol. The number of amides is 1. The van der Waals surface area contributed by atoms with Crippen molar-refractivity contribution in [2.75, 3.05) is 20.8 Å². The summed E-state index contributed by atoms with van der Waals surface area (Å²) in [5.74, 6) is 1.21. The molecule has 4 rings (SSSR count). The summed E-state index contributed by atoms with van der Waals surface area (Å²) in [6, 6.07) is 13.2. The van der Waals surface area contributed by atoms with Crippen molar-refractivity contribution in [1.29, 1.82) is 0 Å². The zero-order valence-electron chi connectivity index (χ0n) is 17.9. The standard InChI is InChI=1S/C24H25N3O4/c1-16-4-6-17(7-5-16)20-12-23(28)27(15-25-20)14-24(29)26-9-8-18-10-21(30-2)22(31-3)11-19(18)13-26/h4-7,10-12,15H,8-9,13-14H2,1-3H3. The van der Waals surface area contributed by atoms with Crippen molar-refractivity contribution in [3.05, 3.63) is 75.8 Å². The number of aryl methyl sites for hydroxylation is 1. The number of methoxy groups -OCH3 is 2. The van der Waals surface area contributed by atoms with Crippen LogP contribution in [0.4, 0.5) is 0 Å². The Morgan fingerprint density at radius 3 is 2.35 bits per heavy atom. The topological polar surface area (TPSA) is 73.7 Å². The molecule has 0 bridgehead atoms. The van der Waals surface area contributed by atoms with Gasteiger partial charge in [0, 0.05) is 24.7 Å². The van der Waals surface area contributed by atoms with Gasteiger partial charge in [-0.3, -0.25) is 14.2 Å². The molecule has 1 aromatic heterocycles. The Kier molecular flexibility index (Phi) is 5.75. The van der Waals surface area contributed by atoms with E-state index in [1.165, 1.54) is 17.0 Å². The van der Waals surface area contributed by atoms with Crippen molar-refractivity contribution in [2.45, 2.75) is 26.4 Å². The molecular weight excluding hydrogens is 394 g/mol. The van der Waals surface area contributed by atoms with E-state index in [1.807, 2.05) is 43.3 Å². The van der Waals surface area contributed by atoms with Crippen molar-refractivity contribution >= 4 is 5.91 Å². The van der Waals surface area contributed by atoms with E-state index in [-0.39, 0.29) is 18.0 Å². The predicted molar refractivity (Wildman–Crippen MR) is 117 cm³/mol. The van der Waals surface area contributed by atoms with Crippen LogP contribution in [0.2, 0.25) is 0 Å². The molecule has 3 aromatic rings. The lowest BCUT2D eigenvalue weighted by atomic mass is 9.98. The van der Waals surface area contributed by atoms with Crippen LogP contribution < -0.4 is 15.0 Å². The summed E-state index contributed by atoms with van der Waals surface area (Å²) in [5, 5.41) is 0. The number of fused-ring (bicyclic) bond motifs is 1. The fraction of sp³-hybridized carbons (Fsp3) is 0.292. The van der Waals surface area contributed by atoms with Crippen LogP contribution in [0, 0.1) is 6.92 Å². The number of carbonyl (C=O) groups is 1. The van der Waals surface area contributed by atoms with Crippen LogP contribution in [0.1, 0.15) is 16.7 Å². The van der Waals surface area contributed by atoms with Gasteiger partial charge < -0.3 is 14.4 Å². The summed E-state index contributed by atoms with van der Waals surface area (Å²) in [6.07, 6.45) is 2.17. The Labute approximate surface area is 180 Å². The first-order valence-electron chi connectivity index (χ1n) is 10.1. The lowest BCUT2D eigenvalue weighted by Crippen LogP contribution is -2.39. The summed E-state index contributed by atoms with van der Waals surface area (Å²) in [7, 11) is 3.20. The first kappa shape index (κ1) is 20.7. The molecule has 0 fully saturated rings. The van der Waals surface area contributed by atoms with Crippen LogP contribution in [0.3, 0.4) is 0 Å².